The quantitative estimate of drug-likeness (QED) is 0.257. The molecule has 1 atom stereocenters. The summed E-state index contributed by atoms with van der Waals surface area (Å²) in [7, 11) is 0. The van der Waals surface area contributed by atoms with Gasteiger partial charge in [-0.25, -0.2) is 0 Å². The lowest BCUT2D eigenvalue weighted by Gasteiger charge is -2.31. The van der Waals surface area contributed by atoms with Crippen LogP contribution in [0.1, 0.15) is 119 Å². The zero-order chi connectivity index (χ0) is 27.6. The van der Waals surface area contributed by atoms with Crippen LogP contribution in [0.3, 0.4) is 0 Å². The number of nitrogens with one attached hydrogen (secondary N) is 2. The molecule has 2 aliphatic rings. The highest BCUT2D eigenvalue weighted by molar-refractivity contribution is 6.03. The number of imide groups is 1. The summed E-state index contributed by atoms with van der Waals surface area (Å²) in [6.45, 7) is 14.7. The van der Waals surface area contributed by atoms with Gasteiger partial charge in [0.2, 0.25) is 23.6 Å². The van der Waals surface area contributed by atoms with Crippen molar-refractivity contribution in [3.05, 3.63) is 0 Å². The molecule has 7 heteroatoms. The second kappa shape index (κ2) is 14.3. The summed E-state index contributed by atoms with van der Waals surface area (Å²) in [5, 5.41) is 6.08. The Balaban J connectivity index is 1.52. The predicted octanol–water partition coefficient (Wildman–Crippen LogP) is 5.22. The highest BCUT2D eigenvalue weighted by atomic mass is 16.2. The van der Waals surface area contributed by atoms with E-state index in [1.165, 1.54) is 11.3 Å². The lowest BCUT2D eigenvalue weighted by Crippen LogP contribution is -2.39. The van der Waals surface area contributed by atoms with Gasteiger partial charge in [-0.05, 0) is 68.1 Å². The van der Waals surface area contributed by atoms with Crippen LogP contribution in [0, 0.1) is 28.6 Å². The van der Waals surface area contributed by atoms with Gasteiger partial charge in [0.1, 0.15) is 0 Å². The molecule has 1 aliphatic carbocycles. The summed E-state index contributed by atoms with van der Waals surface area (Å²) < 4.78 is 0. The monoisotopic (exact) mass is 519 g/mol. The van der Waals surface area contributed by atoms with Crippen LogP contribution in [0.25, 0.3) is 0 Å². The van der Waals surface area contributed by atoms with E-state index >= 15 is 0 Å². The maximum Gasteiger partial charge on any atom is 0.233 e. The maximum absolute atomic E-state index is 12.8. The van der Waals surface area contributed by atoms with Crippen molar-refractivity contribution in [2.75, 3.05) is 19.6 Å². The molecule has 2 rings (SSSR count). The number of rotatable bonds is 13. The van der Waals surface area contributed by atoms with Crippen LogP contribution in [-0.4, -0.2) is 48.2 Å². The minimum Gasteiger partial charge on any atom is -0.356 e. The van der Waals surface area contributed by atoms with Crippen molar-refractivity contribution in [2.45, 2.75) is 119 Å². The number of nitrogens with zero attached hydrogens (tertiary/aromatic N) is 1. The van der Waals surface area contributed by atoms with Gasteiger partial charge in [0.05, 0.1) is 5.92 Å². The summed E-state index contributed by atoms with van der Waals surface area (Å²) in [6.07, 6.45) is 10.2. The third-order valence-electron chi connectivity index (χ3n) is 8.00. The van der Waals surface area contributed by atoms with E-state index in [-0.39, 0.29) is 40.9 Å². The van der Waals surface area contributed by atoms with E-state index in [2.05, 4.69) is 31.4 Å². The normalized spacial score (nSPS) is 22.9. The molecule has 0 aromatic rings. The van der Waals surface area contributed by atoms with Crippen LogP contribution in [0.5, 0.6) is 0 Å². The first kappa shape index (κ1) is 31.3. The lowest BCUT2D eigenvalue weighted by molar-refractivity contribution is -0.141. The molecule has 7 nitrogen and oxygen atoms in total. The van der Waals surface area contributed by atoms with Gasteiger partial charge >= 0.3 is 0 Å². The largest absolute Gasteiger partial charge is 0.356 e. The van der Waals surface area contributed by atoms with E-state index < -0.39 is 0 Å². The average Bonchev–Trinajstić information content (AvgIpc) is 3.09. The molecule has 1 saturated carbocycles. The summed E-state index contributed by atoms with van der Waals surface area (Å²) in [6, 6.07) is 0. The van der Waals surface area contributed by atoms with Gasteiger partial charge in [0.15, 0.2) is 0 Å². The van der Waals surface area contributed by atoms with Crippen molar-refractivity contribution >= 4 is 23.6 Å². The Morgan fingerprint density at radius 2 is 1.46 bits per heavy atom. The highest BCUT2D eigenvalue weighted by Crippen LogP contribution is 2.37. The topological polar surface area (TPSA) is 95.6 Å². The Morgan fingerprint density at radius 3 is 2.05 bits per heavy atom. The van der Waals surface area contributed by atoms with Crippen LogP contribution in [-0.2, 0) is 19.2 Å². The summed E-state index contributed by atoms with van der Waals surface area (Å²) >= 11 is 0. The lowest BCUT2D eigenvalue weighted by atomic mass is 9.79. The molecule has 2 N–H and O–H groups in total. The molecule has 1 saturated heterocycles. The molecule has 0 spiro atoms. The Bertz CT molecular complexity index is 773. The maximum atomic E-state index is 12.8. The number of unbranched alkanes of at least 4 members (excludes halogenated alkanes) is 3. The number of hydrogen-bond donors (Lipinski definition) is 2. The second-order valence-electron chi connectivity index (χ2n) is 13.7. The van der Waals surface area contributed by atoms with Crippen molar-refractivity contribution in [2.24, 2.45) is 28.6 Å². The Hall–Kier alpha value is -1.92. The van der Waals surface area contributed by atoms with E-state index in [1.807, 2.05) is 20.8 Å². The number of likely N-dealkylation sites (tertiary alicyclic amines) is 1. The van der Waals surface area contributed by atoms with E-state index in [9.17, 15) is 19.2 Å². The van der Waals surface area contributed by atoms with Crippen molar-refractivity contribution < 1.29 is 19.2 Å². The summed E-state index contributed by atoms with van der Waals surface area (Å²) in [4.78, 5) is 51.2. The molecule has 0 aromatic carbocycles. The molecule has 37 heavy (non-hydrogen) atoms. The fourth-order valence-corrected chi connectivity index (χ4v) is 5.46. The molecule has 4 amide bonds. The molecule has 2 fully saturated rings. The van der Waals surface area contributed by atoms with Crippen LogP contribution >= 0.6 is 0 Å². The molecule has 0 radical (unpaired) electrons. The van der Waals surface area contributed by atoms with Crippen molar-refractivity contribution in [3.8, 4) is 0 Å². The molecular formula is C30H53N3O4. The van der Waals surface area contributed by atoms with Gasteiger partial charge in [0.25, 0.3) is 0 Å². The van der Waals surface area contributed by atoms with E-state index in [4.69, 9.17) is 0 Å². The smallest absolute Gasteiger partial charge is 0.233 e. The third kappa shape index (κ3) is 11.2. The van der Waals surface area contributed by atoms with Gasteiger partial charge in [-0.2, -0.15) is 0 Å². The first-order valence-electron chi connectivity index (χ1n) is 14.7. The van der Waals surface area contributed by atoms with Crippen molar-refractivity contribution in [3.63, 3.8) is 0 Å². The number of hydrogen-bond acceptors (Lipinski definition) is 4. The number of carbonyl (C=O) groups is 4. The fraction of sp³-hybridized carbons (Fsp3) is 0.867. The molecule has 1 heterocycles. The standard InChI is InChI=1S/C30H53N3O4/c1-29(2,3)17-9-11-18-31-25(34)12-8-7-10-19-32-27(36)23-15-13-22(14-16-23)21-33-26(35)20-24(28(33)37)30(4,5)6/h22-24H,7-21H2,1-6H3,(H,31,34)(H,32,36). The predicted molar refractivity (Wildman–Crippen MR) is 148 cm³/mol. The van der Waals surface area contributed by atoms with Gasteiger partial charge in [0, 0.05) is 38.4 Å². The Kier molecular flexibility index (Phi) is 12.1. The second-order valence-corrected chi connectivity index (χ2v) is 13.7. The molecule has 0 bridgehead atoms. The molecular weight excluding hydrogens is 466 g/mol. The zero-order valence-corrected chi connectivity index (χ0v) is 24.4. The van der Waals surface area contributed by atoms with E-state index in [1.54, 1.807) is 0 Å². The van der Waals surface area contributed by atoms with E-state index in [0.717, 1.165) is 64.3 Å². The van der Waals surface area contributed by atoms with Gasteiger partial charge < -0.3 is 10.6 Å². The zero-order valence-electron chi connectivity index (χ0n) is 24.4. The van der Waals surface area contributed by atoms with Gasteiger partial charge in [-0.3, -0.25) is 24.1 Å². The molecule has 1 unspecified atom stereocenters. The van der Waals surface area contributed by atoms with Crippen molar-refractivity contribution in [1.82, 2.24) is 15.5 Å². The van der Waals surface area contributed by atoms with Gasteiger partial charge in [-0.1, -0.05) is 54.4 Å². The first-order chi connectivity index (χ1) is 17.3. The number of carbonyl (C=O) groups excluding carboxylic acids is 4. The SMILES string of the molecule is CC(C)(C)CCCCNC(=O)CCCCCNC(=O)C1CCC(CN2C(=O)CC(C(C)(C)C)C2=O)CC1. The minimum absolute atomic E-state index is 0.0209. The van der Waals surface area contributed by atoms with E-state index in [0.29, 0.717) is 37.3 Å². The van der Waals surface area contributed by atoms with Crippen LogP contribution in [0.2, 0.25) is 0 Å². The fourth-order valence-electron chi connectivity index (χ4n) is 5.46. The number of amides is 4. The van der Waals surface area contributed by atoms with Crippen LogP contribution < -0.4 is 10.6 Å². The first-order valence-corrected chi connectivity index (χ1v) is 14.7. The van der Waals surface area contributed by atoms with Crippen LogP contribution in [0.15, 0.2) is 0 Å². The van der Waals surface area contributed by atoms with Crippen molar-refractivity contribution in [1.29, 1.82) is 0 Å². The molecule has 0 aromatic heterocycles. The molecule has 1 aliphatic heterocycles. The summed E-state index contributed by atoms with van der Waals surface area (Å²) in [5.74, 6) is 0.271. The Labute approximate surface area is 225 Å². The summed E-state index contributed by atoms with van der Waals surface area (Å²) in [5.41, 5.74) is 0.154. The Morgan fingerprint density at radius 1 is 0.838 bits per heavy atom. The van der Waals surface area contributed by atoms with Gasteiger partial charge in [-0.15, -0.1) is 0 Å². The minimum atomic E-state index is -0.222. The molecule has 212 valence electrons. The third-order valence-corrected chi connectivity index (χ3v) is 8.00. The highest BCUT2D eigenvalue weighted by Gasteiger charge is 2.45. The van der Waals surface area contributed by atoms with Crippen LogP contribution in [0.4, 0.5) is 0 Å². The average molecular weight is 520 g/mol.